The number of hydrogen-bond acceptors (Lipinski definition) is 5. The van der Waals surface area contributed by atoms with E-state index in [0.29, 0.717) is 25.3 Å². The molecule has 0 unspecified atom stereocenters. The van der Waals surface area contributed by atoms with Gasteiger partial charge < -0.3 is 10.1 Å². The van der Waals surface area contributed by atoms with Gasteiger partial charge in [0.1, 0.15) is 5.82 Å². The van der Waals surface area contributed by atoms with Crippen LogP contribution in [0.3, 0.4) is 0 Å². The van der Waals surface area contributed by atoms with Crippen molar-refractivity contribution >= 4 is 5.97 Å². The van der Waals surface area contributed by atoms with Crippen molar-refractivity contribution in [1.29, 1.82) is 0 Å². The summed E-state index contributed by atoms with van der Waals surface area (Å²) in [6.07, 6.45) is 1.71. The monoisotopic (exact) mass is 235 g/mol. The van der Waals surface area contributed by atoms with Crippen molar-refractivity contribution in [3.05, 3.63) is 35.9 Å². The lowest BCUT2D eigenvalue weighted by Crippen LogP contribution is -2.22. The van der Waals surface area contributed by atoms with Crippen LogP contribution in [0, 0.1) is 6.92 Å². The Morgan fingerprint density at radius 2 is 2.35 bits per heavy atom. The minimum absolute atomic E-state index is 0.362. The Kier molecular flexibility index (Phi) is 5.29. The normalized spacial score (nSPS) is 10.0. The van der Waals surface area contributed by atoms with Crippen LogP contribution in [0.15, 0.2) is 24.4 Å². The van der Waals surface area contributed by atoms with Crippen molar-refractivity contribution in [2.24, 2.45) is 0 Å². The van der Waals surface area contributed by atoms with Gasteiger partial charge in [-0.05, 0) is 19.9 Å². The minimum Gasteiger partial charge on any atom is -0.463 e. The molecular weight excluding hydrogens is 218 g/mol. The molecule has 0 saturated heterocycles. The van der Waals surface area contributed by atoms with Gasteiger partial charge in [0.05, 0.1) is 12.3 Å². The van der Waals surface area contributed by atoms with Gasteiger partial charge in [0.15, 0.2) is 0 Å². The second-order valence-corrected chi connectivity index (χ2v) is 3.52. The molecule has 0 aliphatic rings. The fourth-order valence-electron chi connectivity index (χ4n) is 1.25. The third-order valence-electron chi connectivity index (χ3n) is 2.04. The van der Waals surface area contributed by atoms with E-state index in [1.165, 1.54) is 0 Å². The molecule has 0 aromatic carbocycles. The molecule has 0 radical (unpaired) electrons. The zero-order chi connectivity index (χ0) is 12.7. The number of carbonyl (C=O) groups excluding carboxylic acids is 1. The molecular formula is C12H17N3O2. The number of rotatable bonds is 6. The van der Waals surface area contributed by atoms with E-state index in [2.05, 4.69) is 21.9 Å². The van der Waals surface area contributed by atoms with Gasteiger partial charge in [-0.3, -0.25) is 0 Å². The van der Waals surface area contributed by atoms with Crippen LogP contribution < -0.4 is 5.32 Å². The predicted molar refractivity (Wildman–Crippen MR) is 64.2 cm³/mol. The maximum absolute atomic E-state index is 11.3. The van der Waals surface area contributed by atoms with Crippen LogP contribution in [0.4, 0.5) is 0 Å². The number of nitrogens with one attached hydrogen (secondary N) is 1. The van der Waals surface area contributed by atoms with E-state index in [-0.39, 0.29) is 5.97 Å². The summed E-state index contributed by atoms with van der Waals surface area (Å²) >= 11 is 0. The zero-order valence-electron chi connectivity index (χ0n) is 10.2. The Hall–Kier alpha value is -1.75. The Bertz CT molecular complexity index is 404. The van der Waals surface area contributed by atoms with Gasteiger partial charge in [0.25, 0.3) is 0 Å². The number of esters is 1. The largest absolute Gasteiger partial charge is 0.463 e. The van der Waals surface area contributed by atoms with E-state index in [1.54, 1.807) is 13.1 Å². The highest BCUT2D eigenvalue weighted by Gasteiger charge is 2.06. The molecule has 0 bridgehead atoms. The molecule has 1 aromatic rings. The lowest BCUT2D eigenvalue weighted by Gasteiger charge is -2.07. The van der Waals surface area contributed by atoms with Gasteiger partial charge in [0.2, 0.25) is 0 Å². The van der Waals surface area contributed by atoms with Crippen LogP contribution in [-0.2, 0) is 16.1 Å². The molecule has 0 fully saturated rings. The lowest BCUT2D eigenvalue weighted by atomic mass is 10.3. The standard InChI is InChI=1S/C12H17N3O2/c1-4-17-12(16)9(2)7-13-8-11-5-6-14-10(3)15-11/h5-6,13H,2,4,7-8H2,1,3H3. The molecule has 5 heteroatoms. The highest BCUT2D eigenvalue weighted by molar-refractivity contribution is 5.88. The first-order chi connectivity index (χ1) is 8.13. The SMILES string of the molecule is C=C(CNCc1ccnc(C)n1)C(=O)OCC. The number of hydrogen-bond donors (Lipinski definition) is 1. The van der Waals surface area contributed by atoms with Gasteiger partial charge in [-0.25, -0.2) is 14.8 Å². The first-order valence-corrected chi connectivity index (χ1v) is 5.47. The Labute approximate surface area is 101 Å². The van der Waals surface area contributed by atoms with Gasteiger partial charge in [0, 0.05) is 24.9 Å². The van der Waals surface area contributed by atoms with Gasteiger partial charge >= 0.3 is 5.97 Å². The van der Waals surface area contributed by atoms with Crippen LogP contribution in [0.5, 0.6) is 0 Å². The van der Waals surface area contributed by atoms with E-state index in [4.69, 9.17) is 4.74 Å². The van der Waals surface area contributed by atoms with Crippen LogP contribution in [-0.4, -0.2) is 29.1 Å². The van der Waals surface area contributed by atoms with Crippen molar-refractivity contribution in [1.82, 2.24) is 15.3 Å². The third-order valence-corrected chi connectivity index (χ3v) is 2.04. The highest BCUT2D eigenvalue weighted by Crippen LogP contribution is 1.96. The summed E-state index contributed by atoms with van der Waals surface area (Å²) in [5.41, 5.74) is 1.30. The van der Waals surface area contributed by atoms with Crippen molar-refractivity contribution in [2.75, 3.05) is 13.2 Å². The van der Waals surface area contributed by atoms with E-state index < -0.39 is 0 Å². The maximum atomic E-state index is 11.3. The number of carbonyl (C=O) groups is 1. The highest BCUT2D eigenvalue weighted by atomic mass is 16.5. The summed E-state index contributed by atoms with van der Waals surface area (Å²) in [6, 6.07) is 1.83. The fraction of sp³-hybridized carbons (Fsp3) is 0.417. The Balaban J connectivity index is 2.33. The molecule has 5 nitrogen and oxygen atoms in total. The quantitative estimate of drug-likeness (QED) is 0.588. The molecule has 0 amide bonds. The van der Waals surface area contributed by atoms with Crippen molar-refractivity contribution < 1.29 is 9.53 Å². The molecule has 0 atom stereocenters. The number of ether oxygens (including phenoxy) is 1. The molecule has 0 aliphatic carbocycles. The average molecular weight is 235 g/mol. The molecule has 0 aliphatic heterocycles. The smallest absolute Gasteiger partial charge is 0.334 e. The Morgan fingerprint density at radius 3 is 3.00 bits per heavy atom. The third kappa shape index (κ3) is 4.74. The topological polar surface area (TPSA) is 64.1 Å². The summed E-state index contributed by atoms with van der Waals surface area (Å²) < 4.78 is 4.82. The van der Waals surface area contributed by atoms with E-state index in [1.807, 2.05) is 13.0 Å². The first-order valence-electron chi connectivity index (χ1n) is 5.47. The van der Waals surface area contributed by atoms with E-state index >= 15 is 0 Å². The minimum atomic E-state index is -0.362. The predicted octanol–water partition coefficient (Wildman–Crippen LogP) is 0.994. The van der Waals surface area contributed by atoms with Crippen molar-refractivity contribution in [3.8, 4) is 0 Å². The van der Waals surface area contributed by atoms with Gasteiger partial charge in [-0.1, -0.05) is 6.58 Å². The average Bonchev–Trinajstić information content (AvgIpc) is 2.29. The molecule has 0 spiro atoms. The fourth-order valence-corrected chi connectivity index (χ4v) is 1.25. The van der Waals surface area contributed by atoms with Crippen molar-refractivity contribution in [3.63, 3.8) is 0 Å². The van der Waals surface area contributed by atoms with Crippen molar-refractivity contribution in [2.45, 2.75) is 20.4 Å². The van der Waals surface area contributed by atoms with Gasteiger partial charge in [-0.2, -0.15) is 0 Å². The van der Waals surface area contributed by atoms with E-state index in [0.717, 1.165) is 11.5 Å². The summed E-state index contributed by atoms with van der Waals surface area (Å²) in [5, 5.41) is 3.08. The molecule has 1 rings (SSSR count). The summed E-state index contributed by atoms with van der Waals surface area (Å²) in [7, 11) is 0. The molecule has 0 saturated carbocycles. The molecule has 1 heterocycles. The summed E-state index contributed by atoms with van der Waals surface area (Å²) in [4.78, 5) is 19.5. The lowest BCUT2D eigenvalue weighted by molar-refractivity contribution is -0.138. The molecule has 1 aromatic heterocycles. The maximum Gasteiger partial charge on any atom is 0.334 e. The van der Waals surface area contributed by atoms with Crippen LogP contribution >= 0.6 is 0 Å². The summed E-state index contributed by atoms with van der Waals surface area (Å²) in [6.45, 7) is 8.58. The van der Waals surface area contributed by atoms with Crippen LogP contribution in [0.1, 0.15) is 18.4 Å². The van der Waals surface area contributed by atoms with Crippen LogP contribution in [0.2, 0.25) is 0 Å². The zero-order valence-corrected chi connectivity index (χ0v) is 10.2. The molecule has 1 N–H and O–H groups in total. The van der Waals surface area contributed by atoms with Crippen LogP contribution in [0.25, 0.3) is 0 Å². The molecule has 92 valence electrons. The summed E-state index contributed by atoms with van der Waals surface area (Å²) in [5.74, 6) is 0.368. The second kappa shape index (κ2) is 6.75. The number of aryl methyl sites for hydroxylation is 1. The second-order valence-electron chi connectivity index (χ2n) is 3.52. The molecule has 17 heavy (non-hydrogen) atoms. The Morgan fingerprint density at radius 1 is 1.59 bits per heavy atom. The number of nitrogens with zero attached hydrogens (tertiary/aromatic N) is 2. The first kappa shape index (κ1) is 13.3. The van der Waals surface area contributed by atoms with Gasteiger partial charge in [-0.15, -0.1) is 0 Å². The van der Waals surface area contributed by atoms with E-state index in [9.17, 15) is 4.79 Å². The number of aromatic nitrogens is 2.